The number of hydrogen-bond acceptors (Lipinski definition) is 5. The number of aromatic carboxylic acids is 1. The van der Waals surface area contributed by atoms with E-state index in [2.05, 4.69) is 5.32 Å². The minimum Gasteiger partial charge on any atom is -0.545 e. The molecule has 0 unspecified atom stereocenters. The molecule has 7 nitrogen and oxygen atoms in total. The summed E-state index contributed by atoms with van der Waals surface area (Å²) in [6.07, 6.45) is 1.45. The Hall–Kier alpha value is -3.35. The fourth-order valence-electron chi connectivity index (χ4n) is 2.36. The second kappa shape index (κ2) is 6.04. The smallest absolute Gasteiger partial charge is 0.328 e. The van der Waals surface area contributed by atoms with E-state index in [1.165, 1.54) is 18.2 Å². The number of nitrogens with zero attached hydrogens (tertiary/aromatic N) is 1. The Morgan fingerprint density at radius 2 is 1.92 bits per heavy atom. The van der Waals surface area contributed by atoms with Crippen molar-refractivity contribution in [2.75, 3.05) is 6.54 Å². The van der Waals surface area contributed by atoms with Crippen LogP contribution in [-0.2, 0) is 4.79 Å². The zero-order valence-corrected chi connectivity index (χ0v) is 12.7. The molecule has 0 spiro atoms. The SMILES string of the molecule is CCN1C(=O)N/C(=C/c2ccc(-c3ccc(C(=O)[O-])cc3)o2)C1=O. The number of benzene rings is 1. The molecule has 1 fully saturated rings. The summed E-state index contributed by atoms with van der Waals surface area (Å²) in [5, 5.41) is 13.2. The lowest BCUT2D eigenvalue weighted by atomic mass is 10.1. The number of rotatable bonds is 4. The van der Waals surface area contributed by atoms with Crippen LogP contribution in [-0.4, -0.2) is 29.4 Å². The van der Waals surface area contributed by atoms with Crippen molar-refractivity contribution < 1.29 is 23.9 Å². The van der Waals surface area contributed by atoms with Crippen molar-refractivity contribution >= 4 is 24.0 Å². The third-order valence-electron chi connectivity index (χ3n) is 3.60. The van der Waals surface area contributed by atoms with Gasteiger partial charge in [-0.2, -0.15) is 0 Å². The molecule has 7 heteroatoms. The zero-order chi connectivity index (χ0) is 17.3. The highest BCUT2D eigenvalue weighted by molar-refractivity contribution is 6.13. The molecule has 0 aliphatic carbocycles. The maximum atomic E-state index is 12.0. The number of nitrogens with one attached hydrogen (secondary N) is 1. The molecule has 1 aliphatic heterocycles. The van der Waals surface area contributed by atoms with E-state index >= 15 is 0 Å². The van der Waals surface area contributed by atoms with E-state index in [4.69, 9.17) is 4.42 Å². The predicted octanol–water partition coefficient (Wildman–Crippen LogP) is 1.22. The molecular weight excluding hydrogens is 312 g/mol. The first-order valence-electron chi connectivity index (χ1n) is 7.25. The fraction of sp³-hybridized carbons (Fsp3) is 0.118. The topological polar surface area (TPSA) is 103 Å². The van der Waals surface area contributed by atoms with E-state index in [-0.39, 0.29) is 17.8 Å². The largest absolute Gasteiger partial charge is 0.545 e. The normalized spacial score (nSPS) is 15.9. The van der Waals surface area contributed by atoms with Gasteiger partial charge in [-0.25, -0.2) is 4.79 Å². The summed E-state index contributed by atoms with van der Waals surface area (Å²) >= 11 is 0. The van der Waals surface area contributed by atoms with Gasteiger partial charge in [0.1, 0.15) is 17.2 Å². The molecule has 122 valence electrons. The molecule has 0 radical (unpaired) electrons. The predicted molar refractivity (Wildman–Crippen MR) is 82.4 cm³/mol. The van der Waals surface area contributed by atoms with Crippen LogP contribution in [0.5, 0.6) is 0 Å². The van der Waals surface area contributed by atoms with E-state index in [1.807, 2.05) is 0 Å². The van der Waals surface area contributed by atoms with Gasteiger partial charge in [0.2, 0.25) is 0 Å². The Labute approximate surface area is 137 Å². The van der Waals surface area contributed by atoms with Crippen LogP contribution in [0.25, 0.3) is 17.4 Å². The number of carboxylic acids is 1. The maximum Gasteiger partial charge on any atom is 0.328 e. The van der Waals surface area contributed by atoms with Gasteiger partial charge in [0.15, 0.2) is 0 Å². The van der Waals surface area contributed by atoms with Gasteiger partial charge in [-0.3, -0.25) is 9.69 Å². The molecule has 0 saturated carbocycles. The van der Waals surface area contributed by atoms with E-state index in [0.29, 0.717) is 17.1 Å². The third-order valence-corrected chi connectivity index (χ3v) is 3.60. The number of furan rings is 1. The van der Waals surface area contributed by atoms with Crippen LogP contribution >= 0.6 is 0 Å². The first kappa shape index (κ1) is 15.5. The average molecular weight is 325 g/mol. The number of carboxylic acid groups (broad SMARTS) is 1. The number of carbonyl (C=O) groups excluding carboxylic acids is 3. The highest BCUT2D eigenvalue weighted by Gasteiger charge is 2.32. The van der Waals surface area contributed by atoms with E-state index in [9.17, 15) is 19.5 Å². The summed E-state index contributed by atoms with van der Waals surface area (Å²) in [5.74, 6) is -0.743. The van der Waals surface area contributed by atoms with Crippen molar-refractivity contribution in [3.05, 3.63) is 53.4 Å². The van der Waals surface area contributed by atoms with Crippen LogP contribution in [0.3, 0.4) is 0 Å². The number of hydrogen-bond donors (Lipinski definition) is 1. The molecule has 0 bridgehead atoms. The van der Waals surface area contributed by atoms with Crippen LogP contribution < -0.4 is 10.4 Å². The molecule has 0 atom stereocenters. The monoisotopic (exact) mass is 325 g/mol. The van der Waals surface area contributed by atoms with Crippen LogP contribution in [0.1, 0.15) is 23.0 Å². The number of imide groups is 1. The quantitative estimate of drug-likeness (QED) is 0.672. The molecule has 1 N–H and O–H groups in total. The number of amides is 3. The second-order valence-corrected chi connectivity index (χ2v) is 5.10. The Morgan fingerprint density at radius 3 is 2.50 bits per heavy atom. The van der Waals surface area contributed by atoms with Gasteiger partial charge in [-0.15, -0.1) is 0 Å². The lowest BCUT2D eigenvalue weighted by molar-refractivity contribution is -0.255. The van der Waals surface area contributed by atoms with Crippen molar-refractivity contribution in [1.29, 1.82) is 0 Å². The molecule has 2 heterocycles. The van der Waals surface area contributed by atoms with Crippen LogP contribution in [0, 0.1) is 0 Å². The average Bonchev–Trinajstić information content (AvgIpc) is 3.13. The Bertz CT molecular complexity index is 848. The number of likely N-dealkylation sites (N-methyl/N-ethyl adjacent to an activating group) is 1. The number of urea groups is 1. The lowest BCUT2D eigenvalue weighted by Crippen LogP contribution is -2.30. The summed E-state index contributed by atoms with van der Waals surface area (Å²) in [6.45, 7) is 2.00. The second-order valence-electron chi connectivity index (χ2n) is 5.10. The third kappa shape index (κ3) is 2.79. The van der Waals surface area contributed by atoms with Gasteiger partial charge in [-0.1, -0.05) is 24.3 Å². The minimum absolute atomic E-state index is 0.0755. The van der Waals surface area contributed by atoms with Gasteiger partial charge in [-0.05, 0) is 24.6 Å². The van der Waals surface area contributed by atoms with Crippen molar-refractivity contribution in [1.82, 2.24) is 10.2 Å². The Kier molecular flexibility index (Phi) is 3.91. The minimum atomic E-state index is -1.25. The van der Waals surface area contributed by atoms with Crippen LogP contribution in [0.4, 0.5) is 4.79 Å². The van der Waals surface area contributed by atoms with Gasteiger partial charge < -0.3 is 19.6 Å². The number of carbonyl (C=O) groups is 3. The van der Waals surface area contributed by atoms with Crippen LogP contribution in [0.15, 0.2) is 46.5 Å². The zero-order valence-electron chi connectivity index (χ0n) is 12.7. The summed E-state index contributed by atoms with van der Waals surface area (Å²) in [7, 11) is 0. The molecular formula is C17H13N2O5-. The summed E-state index contributed by atoms with van der Waals surface area (Å²) in [5.41, 5.74) is 0.906. The van der Waals surface area contributed by atoms with Crippen molar-refractivity contribution in [3.8, 4) is 11.3 Å². The fourth-order valence-corrected chi connectivity index (χ4v) is 2.36. The molecule has 1 aromatic carbocycles. The maximum absolute atomic E-state index is 12.0. The van der Waals surface area contributed by atoms with Crippen LogP contribution in [0.2, 0.25) is 0 Å². The highest BCUT2D eigenvalue weighted by Crippen LogP contribution is 2.24. The van der Waals surface area contributed by atoms with Crippen molar-refractivity contribution in [2.45, 2.75) is 6.92 Å². The summed E-state index contributed by atoms with van der Waals surface area (Å²) in [6, 6.07) is 8.93. The first-order valence-corrected chi connectivity index (χ1v) is 7.25. The molecule has 2 aromatic rings. The highest BCUT2D eigenvalue weighted by atomic mass is 16.4. The molecule has 3 rings (SSSR count). The summed E-state index contributed by atoms with van der Waals surface area (Å²) < 4.78 is 5.62. The lowest BCUT2D eigenvalue weighted by Gasteiger charge is -2.05. The standard InChI is InChI=1S/C17H14N2O5/c1-2-19-15(20)13(18-17(19)23)9-12-7-8-14(24-12)10-3-5-11(6-4-10)16(21)22/h3-9H,2H2,1H3,(H,18,23)(H,21,22)/p-1/b13-9+. The van der Waals surface area contributed by atoms with Gasteiger partial charge in [0.05, 0.1) is 5.97 Å². The molecule has 1 aliphatic rings. The first-order chi connectivity index (χ1) is 11.5. The van der Waals surface area contributed by atoms with Gasteiger partial charge in [0.25, 0.3) is 5.91 Å². The van der Waals surface area contributed by atoms with E-state index in [1.54, 1.807) is 31.2 Å². The summed E-state index contributed by atoms with van der Waals surface area (Å²) in [4.78, 5) is 35.4. The van der Waals surface area contributed by atoms with Crippen molar-refractivity contribution in [3.63, 3.8) is 0 Å². The van der Waals surface area contributed by atoms with Gasteiger partial charge >= 0.3 is 6.03 Å². The van der Waals surface area contributed by atoms with E-state index < -0.39 is 17.9 Å². The van der Waals surface area contributed by atoms with E-state index in [0.717, 1.165) is 4.90 Å². The van der Waals surface area contributed by atoms with Crippen molar-refractivity contribution in [2.24, 2.45) is 0 Å². The molecule has 24 heavy (non-hydrogen) atoms. The van der Waals surface area contributed by atoms with Gasteiger partial charge in [0, 0.05) is 18.2 Å². The molecule has 3 amide bonds. The Balaban J connectivity index is 1.83. The molecule has 1 saturated heterocycles. The Morgan fingerprint density at radius 1 is 1.21 bits per heavy atom. The molecule has 1 aromatic heterocycles.